The van der Waals surface area contributed by atoms with E-state index in [1.165, 1.54) is 154 Å². The molecule has 1 saturated carbocycles. The number of hydrogen-bond acceptors (Lipinski definition) is 11. The van der Waals surface area contributed by atoms with Crippen LogP contribution in [0.2, 0.25) is 0 Å². The molecule has 0 spiro atoms. The maximum absolute atomic E-state index is 13.1. The zero-order valence-electron chi connectivity index (χ0n) is 43.5. The molecule has 69 heavy (non-hydrogen) atoms. The smallest absolute Gasteiger partial charge is 0.393 e. The second-order valence-corrected chi connectivity index (χ2v) is 21.4. The Morgan fingerprint density at radius 3 is 1.28 bits per heavy atom. The lowest BCUT2D eigenvalue weighted by Gasteiger charge is -2.41. The molecule has 0 heterocycles. The van der Waals surface area contributed by atoms with E-state index >= 15 is 0 Å². The summed E-state index contributed by atoms with van der Waals surface area (Å²) in [5, 5.41) is 74.8. The predicted molar refractivity (Wildman–Crippen MR) is 280 cm³/mol. The Labute approximate surface area is 419 Å². The SMILES string of the molecule is CCCCCCCCCCCCC/C=C\CCCCCCCC(O)CC(=O)NC(COP(=O)(O)OC1C(O)C(O)C(O)C(O)C1O)C(O)/C=C/CC/C=C/CCCCCCCCCCCCCCC. The van der Waals surface area contributed by atoms with Gasteiger partial charge in [0.2, 0.25) is 5.91 Å². The van der Waals surface area contributed by atoms with Gasteiger partial charge in [-0.3, -0.25) is 13.8 Å². The highest BCUT2D eigenvalue weighted by molar-refractivity contribution is 7.47. The van der Waals surface area contributed by atoms with Crippen molar-refractivity contribution in [3.63, 3.8) is 0 Å². The van der Waals surface area contributed by atoms with E-state index in [2.05, 4.69) is 43.5 Å². The van der Waals surface area contributed by atoms with Gasteiger partial charge in [-0.2, -0.15) is 0 Å². The number of hydrogen-bond donors (Lipinski definition) is 9. The minimum Gasteiger partial charge on any atom is -0.393 e. The van der Waals surface area contributed by atoms with Gasteiger partial charge in [0.05, 0.1) is 31.3 Å². The second kappa shape index (κ2) is 44.0. The van der Waals surface area contributed by atoms with E-state index in [0.717, 1.165) is 64.2 Å². The fraction of sp³-hybridized carbons (Fsp3) is 0.873. The third-order valence-electron chi connectivity index (χ3n) is 13.4. The van der Waals surface area contributed by atoms with Crippen LogP contribution in [0.15, 0.2) is 36.5 Å². The number of amides is 1. The summed E-state index contributed by atoms with van der Waals surface area (Å²) in [7, 11) is -5.16. The van der Waals surface area contributed by atoms with Gasteiger partial charge in [-0.25, -0.2) is 4.57 Å². The number of carbonyl (C=O) groups excluding carboxylic acids is 1. The Morgan fingerprint density at radius 1 is 0.507 bits per heavy atom. The standard InChI is InChI=1S/C55H104NO12P/c1-3-5-7-9-11-13-15-17-19-21-23-25-26-28-30-32-34-36-38-40-42-46(57)44-49(59)56-47(45-67-69(65,66)68-55-53(63)51(61)50(60)52(62)54(55)64)48(58)43-41-39-37-35-33-31-29-27-24-22-20-18-16-14-12-10-8-6-4-2/h26,28,33,35,41,43,46-48,50-55,57-58,60-64H,3-25,27,29-32,34,36-40,42,44-45H2,1-2H3,(H,56,59)(H,65,66)/b28-26-,35-33+,43-41+. The lowest BCUT2D eigenvalue weighted by atomic mass is 9.85. The first-order valence-electron chi connectivity index (χ1n) is 28.0. The Balaban J connectivity index is 2.46. The van der Waals surface area contributed by atoms with Crippen LogP contribution in [-0.2, 0) is 18.4 Å². The molecule has 0 aromatic heterocycles. The van der Waals surface area contributed by atoms with Crippen LogP contribution in [0.4, 0.5) is 0 Å². The van der Waals surface area contributed by atoms with Gasteiger partial charge in [0, 0.05) is 0 Å². The van der Waals surface area contributed by atoms with Crippen molar-refractivity contribution < 1.29 is 59.0 Å². The lowest BCUT2D eigenvalue weighted by molar-refractivity contribution is -0.220. The third-order valence-corrected chi connectivity index (χ3v) is 14.4. The van der Waals surface area contributed by atoms with Gasteiger partial charge in [0.25, 0.3) is 0 Å². The molecule has 9 N–H and O–H groups in total. The highest BCUT2D eigenvalue weighted by Crippen LogP contribution is 2.47. The van der Waals surface area contributed by atoms with E-state index < -0.39 is 75.2 Å². The number of nitrogens with one attached hydrogen (secondary N) is 1. The summed E-state index contributed by atoms with van der Waals surface area (Å²) in [6.07, 6.45) is 39.4. The number of aliphatic hydroxyl groups excluding tert-OH is 7. The van der Waals surface area contributed by atoms with Crippen molar-refractivity contribution in [3.8, 4) is 0 Å². The van der Waals surface area contributed by atoms with Crippen molar-refractivity contribution >= 4 is 13.7 Å². The maximum atomic E-state index is 13.1. The molecule has 14 heteroatoms. The first kappa shape index (κ1) is 65.5. The van der Waals surface area contributed by atoms with Crippen LogP contribution >= 0.6 is 7.82 Å². The van der Waals surface area contributed by atoms with Crippen molar-refractivity contribution in [2.24, 2.45) is 0 Å². The monoisotopic (exact) mass is 1000 g/mol. The molecule has 1 rings (SSSR count). The van der Waals surface area contributed by atoms with Crippen molar-refractivity contribution in [2.75, 3.05) is 6.61 Å². The van der Waals surface area contributed by atoms with Crippen LogP contribution in [0.25, 0.3) is 0 Å². The molecule has 0 aliphatic heterocycles. The first-order chi connectivity index (χ1) is 33.3. The number of rotatable bonds is 47. The summed E-state index contributed by atoms with van der Waals surface area (Å²) >= 11 is 0. The van der Waals surface area contributed by atoms with E-state index in [0.29, 0.717) is 12.8 Å². The zero-order chi connectivity index (χ0) is 50.8. The average molecular weight is 1000 g/mol. The number of unbranched alkanes of at least 4 members (excludes halogenated alkanes) is 30. The quantitative estimate of drug-likeness (QED) is 0.0158. The third kappa shape index (κ3) is 35.3. The molecule has 1 amide bonds. The number of phosphoric acid groups is 1. The van der Waals surface area contributed by atoms with E-state index in [-0.39, 0.29) is 6.42 Å². The topological polar surface area (TPSA) is 226 Å². The van der Waals surface area contributed by atoms with Crippen LogP contribution < -0.4 is 5.32 Å². The molecule has 13 nitrogen and oxygen atoms in total. The highest BCUT2D eigenvalue weighted by atomic mass is 31.2. The summed E-state index contributed by atoms with van der Waals surface area (Å²) in [5.41, 5.74) is 0. The fourth-order valence-electron chi connectivity index (χ4n) is 8.90. The molecule has 1 fully saturated rings. The summed E-state index contributed by atoms with van der Waals surface area (Å²) in [5.74, 6) is -0.605. The molecule has 0 radical (unpaired) electrons. The highest BCUT2D eigenvalue weighted by Gasteiger charge is 2.51. The Bertz CT molecular complexity index is 1320. The Hall–Kier alpha value is -1.48. The summed E-state index contributed by atoms with van der Waals surface area (Å²) in [6, 6.07) is -1.26. The van der Waals surface area contributed by atoms with Crippen molar-refractivity contribution in [2.45, 2.75) is 300 Å². The van der Waals surface area contributed by atoms with Crippen LogP contribution in [0, 0.1) is 0 Å². The molecule has 0 aromatic rings. The van der Waals surface area contributed by atoms with Gasteiger partial charge < -0.3 is 46.0 Å². The molecule has 0 aromatic carbocycles. The molecule has 8 atom stereocenters. The van der Waals surface area contributed by atoms with Crippen LogP contribution in [0.5, 0.6) is 0 Å². The van der Waals surface area contributed by atoms with Gasteiger partial charge in [-0.15, -0.1) is 0 Å². The van der Waals surface area contributed by atoms with Crippen LogP contribution in [-0.4, -0.2) is 108 Å². The first-order valence-corrected chi connectivity index (χ1v) is 29.5. The van der Waals surface area contributed by atoms with Gasteiger partial charge in [-0.1, -0.05) is 217 Å². The maximum Gasteiger partial charge on any atom is 0.472 e. The van der Waals surface area contributed by atoms with Crippen molar-refractivity contribution in [1.82, 2.24) is 5.32 Å². The van der Waals surface area contributed by atoms with E-state index in [1.807, 2.05) is 0 Å². The van der Waals surface area contributed by atoms with Crippen molar-refractivity contribution in [1.29, 1.82) is 0 Å². The minimum atomic E-state index is -5.16. The molecule has 8 unspecified atom stereocenters. The van der Waals surface area contributed by atoms with E-state index in [9.17, 15) is 50.0 Å². The molecular weight excluding hydrogens is 898 g/mol. The average Bonchev–Trinajstić information content (AvgIpc) is 3.32. The van der Waals surface area contributed by atoms with E-state index in [4.69, 9.17) is 9.05 Å². The molecule has 1 aliphatic rings. The normalized spacial score (nSPS) is 22.2. The lowest BCUT2D eigenvalue weighted by Crippen LogP contribution is -2.64. The summed E-state index contributed by atoms with van der Waals surface area (Å²) in [4.78, 5) is 23.6. The zero-order valence-corrected chi connectivity index (χ0v) is 44.4. The molecule has 406 valence electrons. The van der Waals surface area contributed by atoms with Gasteiger partial charge in [0.15, 0.2) is 0 Å². The number of carbonyl (C=O) groups is 1. The van der Waals surface area contributed by atoms with Crippen molar-refractivity contribution in [3.05, 3.63) is 36.5 Å². The summed E-state index contributed by atoms with van der Waals surface area (Å²) < 4.78 is 23.0. The van der Waals surface area contributed by atoms with Gasteiger partial charge >= 0.3 is 7.82 Å². The van der Waals surface area contributed by atoms with Gasteiger partial charge in [-0.05, 0) is 57.8 Å². The predicted octanol–water partition coefficient (Wildman–Crippen LogP) is 11.3. The van der Waals surface area contributed by atoms with Gasteiger partial charge in [0.1, 0.15) is 36.6 Å². The number of aliphatic hydroxyl groups is 7. The Morgan fingerprint density at radius 2 is 0.855 bits per heavy atom. The largest absolute Gasteiger partial charge is 0.472 e. The van der Waals surface area contributed by atoms with Crippen LogP contribution in [0.1, 0.15) is 245 Å². The van der Waals surface area contributed by atoms with E-state index in [1.54, 1.807) is 6.08 Å². The fourth-order valence-corrected chi connectivity index (χ4v) is 9.87. The second-order valence-electron chi connectivity index (χ2n) is 20.0. The molecular formula is C55H104NO12P. The molecule has 0 bridgehead atoms. The summed E-state index contributed by atoms with van der Waals surface area (Å²) in [6.45, 7) is 3.77. The Kier molecular flexibility index (Phi) is 41.8. The number of phosphoric ester groups is 1. The molecule has 1 aliphatic carbocycles. The minimum absolute atomic E-state index is 0.257. The molecule has 0 saturated heterocycles. The number of allylic oxidation sites excluding steroid dienone is 5. The van der Waals surface area contributed by atoms with Crippen LogP contribution in [0.3, 0.4) is 0 Å².